The van der Waals surface area contributed by atoms with Crippen molar-refractivity contribution in [1.82, 2.24) is 9.55 Å². The number of nitrogens with zero attached hydrogens (tertiary/aromatic N) is 4. The van der Waals surface area contributed by atoms with Gasteiger partial charge in [-0.2, -0.15) is 5.26 Å². The van der Waals surface area contributed by atoms with Crippen LogP contribution < -0.4 is 4.74 Å². The van der Waals surface area contributed by atoms with Gasteiger partial charge in [0.25, 0.3) is 0 Å². The van der Waals surface area contributed by atoms with Gasteiger partial charge < -0.3 is 14.9 Å². The Hall–Kier alpha value is -2.59. The summed E-state index contributed by atoms with van der Waals surface area (Å²) >= 11 is 5.80. The zero-order chi connectivity index (χ0) is 15.4. The number of halogens is 1. The van der Waals surface area contributed by atoms with Crippen molar-refractivity contribution in [2.24, 2.45) is 0 Å². The molecule has 0 saturated heterocycles. The average Bonchev–Trinajstić information content (AvgIpc) is 2.88. The highest BCUT2D eigenvalue weighted by atomic mass is 35.5. The van der Waals surface area contributed by atoms with Crippen LogP contribution in [0.25, 0.3) is 0 Å². The van der Waals surface area contributed by atoms with E-state index < -0.39 is 4.92 Å². The summed E-state index contributed by atoms with van der Waals surface area (Å²) in [6, 6.07) is 6.65. The Kier molecular flexibility index (Phi) is 4.40. The van der Waals surface area contributed by atoms with Gasteiger partial charge in [-0.1, -0.05) is 11.6 Å². The SMILES string of the molecule is CCn1c([N+](=O)[O-])cnc1COc1ccc(Cl)cc1C#N. The summed E-state index contributed by atoms with van der Waals surface area (Å²) in [5.74, 6) is 0.686. The van der Waals surface area contributed by atoms with Crippen LogP contribution in [0.1, 0.15) is 18.3 Å². The van der Waals surface area contributed by atoms with Gasteiger partial charge in [-0.15, -0.1) is 0 Å². The molecule has 2 rings (SSSR count). The molecule has 0 atom stereocenters. The van der Waals surface area contributed by atoms with Crippen molar-refractivity contribution in [1.29, 1.82) is 5.26 Å². The van der Waals surface area contributed by atoms with Crippen molar-refractivity contribution in [2.75, 3.05) is 0 Å². The Morgan fingerprint density at radius 3 is 2.95 bits per heavy atom. The van der Waals surface area contributed by atoms with E-state index in [1.54, 1.807) is 19.1 Å². The van der Waals surface area contributed by atoms with Crippen molar-refractivity contribution in [3.63, 3.8) is 0 Å². The molecule has 0 N–H and O–H groups in total. The molecule has 2 aromatic rings. The fourth-order valence-electron chi connectivity index (χ4n) is 1.87. The number of nitriles is 1. The van der Waals surface area contributed by atoms with Gasteiger partial charge in [0.15, 0.2) is 6.61 Å². The first-order chi connectivity index (χ1) is 10.1. The molecular formula is C13H11ClN4O3. The fraction of sp³-hybridized carbons (Fsp3) is 0.231. The third-order valence-electron chi connectivity index (χ3n) is 2.84. The second kappa shape index (κ2) is 6.24. The molecule has 0 spiro atoms. The average molecular weight is 307 g/mol. The third-order valence-corrected chi connectivity index (χ3v) is 3.07. The van der Waals surface area contributed by atoms with Crippen molar-refractivity contribution in [3.05, 3.63) is 50.9 Å². The van der Waals surface area contributed by atoms with Gasteiger partial charge in [-0.25, -0.2) is 9.55 Å². The summed E-state index contributed by atoms with van der Waals surface area (Å²) in [6.07, 6.45) is 1.19. The van der Waals surface area contributed by atoms with Gasteiger partial charge in [-0.3, -0.25) is 0 Å². The molecule has 0 aliphatic carbocycles. The van der Waals surface area contributed by atoms with E-state index in [4.69, 9.17) is 21.6 Å². The maximum atomic E-state index is 10.9. The summed E-state index contributed by atoms with van der Waals surface area (Å²) in [5, 5.41) is 20.3. The van der Waals surface area contributed by atoms with E-state index in [-0.39, 0.29) is 12.4 Å². The van der Waals surface area contributed by atoms with E-state index in [1.165, 1.54) is 16.8 Å². The minimum atomic E-state index is -0.497. The smallest absolute Gasteiger partial charge is 0.342 e. The van der Waals surface area contributed by atoms with Crippen LogP contribution in [-0.4, -0.2) is 14.5 Å². The summed E-state index contributed by atoms with van der Waals surface area (Å²) in [5.41, 5.74) is 0.298. The van der Waals surface area contributed by atoms with Crippen molar-refractivity contribution in [2.45, 2.75) is 20.1 Å². The van der Waals surface area contributed by atoms with E-state index in [0.29, 0.717) is 28.7 Å². The minimum Gasteiger partial charge on any atom is -0.482 e. The maximum Gasteiger partial charge on any atom is 0.342 e. The zero-order valence-electron chi connectivity index (χ0n) is 11.1. The molecule has 0 radical (unpaired) electrons. The molecule has 8 heteroatoms. The number of benzene rings is 1. The summed E-state index contributed by atoms with van der Waals surface area (Å²) in [7, 11) is 0. The molecule has 0 unspecified atom stereocenters. The van der Waals surface area contributed by atoms with Crippen LogP contribution >= 0.6 is 11.6 Å². The molecule has 0 saturated carbocycles. The first kappa shape index (κ1) is 14.8. The lowest BCUT2D eigenvalue weighted by molar-refractivity contribution is -0.392. The Balaban J connectivity index is 2.21. The lowest BCUT2D eigenvalue weighted by Crippen LogP contribution is -2.08. The van der Waals surface area contributed by atoms with Crippen LogP contribution in [0.4, 0.5) is 5.82 Å². The lowest BCUT2D eigenvalue weighted by atomic mass is 10.2. The van der Waals surface area contributed by atoms with Crippen LogP contribution in [0.3, 0.4) is 0 Å². The van der Waals surface area contributed by atoms with E-state index in [1.807, 2.05) is 6.07 Å². The first-order valence-electron chi connectivity index (χ1n) is 6.08. The molecule has 0 aliphatic heterocycles. The Morgan fingerprint density at radius 1 is 1.57 bits per heavy atom. The van der Waals surface area contributed by atoms with Gasteiger partial charge in [-0.05, 0) is 30.0 Å². The number of aromatic nitrogens is 2. The van der Waals surface area contributed by atoms with Crippen LogP contribution in [0, 0.1) is 21.4 Å². The molecule has 1 aromatic heterocycles. The van der Waals surface area contributed by atoms with E-state index in [2.05, 4.69) is 4.98 Å². The van der Waals surface area contributed by atoms with Crippen LogP contribution in [0.15, 0.2) is 24.4 Å². The standard InChI is InChI=1S/C13H11ClN4O3/c1-2-17-12(16-7-13(17)18(19)20)8-21-11-4-3-10(14)5-9(11)6-15/h3-5,7H,2,8H2,1H3. The molecule has 0 fully saturated rings. The summed E-state index contributed by atoms with van der Waals surface area (Å²) < 4.78 is 6.96. The topological polar surface area (TPSA) is 94.0 Å². The Labute approximate surface area is 125 Å². The highest BCUT2D eigenvalue weighted by Crippen LogP contribution is 2.23. The molecule has 1 heterocycles. The zero-order valence-corrected chi connectivity index (χ0v) is 11.9. The van der Waals surface area contributed by atoms with Gasteiger partial charge in [0.2, 0.25) is 5.82 Å². The van der Waals surface area contributed by atoms with Crippen molar-refractivity contribution < 1.29 is 9.66 Å². The number of nitro groups is 1. The molecule has 0 aliphatic rings. The van der Waals surface area contributed by atoms with Crippen LogP contribution in [0.2, 0.25) is 5.02 Å². The second-order valence-electron chi connectivity index (χ2n) is 4.07. The Morgan fingerprint density at radius 2 is 2.33 bits per heavy atom. The molecule has 108 valence electrons. The number of ether oxygens (including phenoxy) is 1. The van der Waals surface area contributed by atoms with Crippen molar-refractivity contribution in [3.8, 4) is 11.8 Å². The largest absolute Gasteiger partial charge is 0.482 e. The normalized spacial score (nSPS) is 10.1. The number of hydrogen-bond donors (Lipinski definition) is 0. The maximum absolute atomic E-state index is 10.9. The molecule has 0 amide bonds. The van der Waals surface area contributed by atoms with E-state index >= 15 is 0 Å². The van der Waals surface area contributed by atoms with E-state index in [9.17, 15) is 10.1 Å². The monoisotopic (exact) mass is 306 g/mol. The van der Waals surface area contributed by atoms with Gasteiger partial charge in [0.05, 0.1) is 12.1 Å². The van der Waals surface area contributed by atoms with Gasteiger partial charge in [0, 0.05) is 5.02 Å². The van der Waals surface area contributed by atoms with Crippen molar-refractivity contribution >= 4 is 17.4 Å². The summed E-state index contributed by atoms with van der Waals surface area (Å²) in [6.45, 7) is 2.21. The summed E-state index contributed by atoms with van der Waals surface area (Å²) in [4.78, 5) is 14.3. The molecule has 7 nitrogen and oxygen atoms in total. The highest BCUT2D eigenvalue weighted by molar-refractivity contribution is 6.30. The molecule has 0 bridgehead atoms. The first-order valence-corrected chi connectivity index (χ1v) is 6.45. The fourth-order valence-corrected chi connectivity index (χ4v) is 2.04. The number of imidazole rings is 1. The molecular weight excluding hydrogens is 296 g/mol. The number of rotatable bonds is 5. The minimum absolute atomic E-state index is 0.0258. The molecule has 21 heavy (non-hydrogen) atoms. The van der Waals surface area contributed by atoms with Gasteiger partial charge >= 0.3 is 5.82 Å². The second-order valence-corrected chi connectivity index (χ2v) is 4.51. The predicted molar refractivity (Wildman–Crippen MR) is 75.1 cm³/mol. The van der Waals surface area contributed by atoms with E-state index in [0.717, 1.165) is 0 Å². The third kappa shape index (κ3) is 3.12. The lowest BCUT2D eigenvalue weighted by Gasteiger charge is -2.07. The quantitative estimate of drug-likeness (QED) is 0.625. The van der Waals surface area contributed by atoms with Crippen LogP contribution in [0.5, 0.6) is 5.75 Å². The Bertz CT molecular complexity index is 721. The highest BCUT2D eigenvalue weighted by Gasteiger charge is 2.19. The molecule has 1 aromatic carbocycles. The number of hydrogen-bond acceptors (Lipinski definition) is 5. The van der Waals surface area contributed by atoms with Gasteiger partial charge in [0.1, 0.15) is 18.0 Å². The predicted octanol–water partition coefficient (Wildman–Crippen LogP) is 2.92. The van der Waals surface area contributed by atoms with Crippen LogP contribution in [-0.2, 0) is 13.2 Å².